The van der Waals surface area contributed by atoms with Crippen LogP contribution >= 0.6 is 0 Å². The normalized spacial score (nSPS) is 18.8. The molecule has 1 aliphatic carbocycles. The molecule has 0 aromatic heterocycles. The largest absolute Gasteiger partial charge is 0.495 e. The average Bonchev–Trinajstić information content (AvgIpc) is 3.62. The number of nitrogens with one attached hydrogen (secondary N) is 1. The third-order valence-electron chi connectivity index (χ3n) is 6.80. The first-order valence-electron chi connectivity index (χ1n) is 11.9. The van der Waals surface area contributed by atoms with Crippen LogP contribution in [0.5, 0.6) is 5.75 Å². The molecule has 0 atom stereocenters. The Balaban J connectivity index is 1.41. The highest BCUT2D eigenvalue weighted by molar-refractivity contribution is 7.92. The molecular formula is C24H29N3O6S2. The second-order valence-electron chi connectivity index (χ2n) is 9.24. The number of piperidine rings is 1. The van der Waals surface area contributed by atoms with E-state index in [4.69, 9.17) is 4.74 Å². The van der Waals surface area contributed by atoms with E-state index in [-0.39, 0.29) is 33.1 Å². The van der Waals surface area contributed by atoms with Crippen LogP contribution in [-0.2, 0) is 31.3 Å². The van der Waals surface area contributed by atoms with Gasteiger partial charge in [-0.05, 0) is 74.1 Å². The number of fused-ring (bicyclic) bond motifs is 1. The predicted molar refractivity (Wildman–Crippen MR) is 132 cm³/mol. The third kappa shape index (κ3) is 4.64. The van der Waals surface area contributed by atoms with Crippen LogP contribution in [0.4, 0.5) is 11.4 Å². The van der Waals surface area contributed by atoms with Crippen molar-refractivity contribution < 1.29 is 26.4 Å². The van der Waals surface area contributed by atoms with Crippen LogP contribution in [-0.4, -0.2) is 53.8 Å². The molecule has 35 heavy (non-hydrogen) atoms. The number of carbonyl (C=O) groups is 1. The highest BCUT2D eigenvalue weighted by Crippen LogP contribution is 2.37. The van der Waals surface area contributed by atoms with Crippen molar-refractivity contribution >= 4 is 37.3 Å². The molecule has 1 saturated heterocycles. The van der Waals surface area contributed by atoms with Gasteiger partial charge in [-0.25, -0.2) is 16.8 Å². The highest BCUT2D eigenvalue weighted by Gasteiger charge is 2.37. The number of sulfonamides is 2. The summed E-state index contributed by atoms with van der Waals surface area (Å²) in [5, 5.41) is 0. The number of anilines is 2. The van der Waals surface area contributed by atoms with Crippen LogP contribution in [0.2, 0.25) is 0 Å². The lowest BCUT2D eigenvalue weighted by Crippen LogP contribution is -2.35. The molecule has 0 bridgehead atoms. The molecule has 2 fully saturated rings. The average molecular weight is 520 g/mol. The number of carbonyl (C=O) groups excluding carboxylic acids is 1. The molecule has 1 saturated carbocycles. The van der Waals surface area contributed by atoms with E-state index in [0.29, 0.717) is 26.1 Å². The quantitative estimate of drug-likeness (QED) is 0.602. The van der Waals surface area contributed by atoms with Crippen molar-refractivity contribution in [1.29, 1.82) is 0 Å². The molecule has 188 valence electrons. The minimum atomic E-state index is -3.99. The Morgan fingerprint density at radius 2 is 1.71 bits per heavy atom. The Morgan fingerprint density at radius 1 is 0.971 bits per heavy atom. The van der Waals surface area contributed by atoms with Gasteiger partial charge in [-0.1, -0.05) is 6.42 Å². The maximum atomic E-state index is 13.3. The minimum Gasteiger partial charge on any atom is -0.495 e. The van der Waals surface area contributed by atoms with Gasteiger partial charge in [-0.2, -0.15) is 4.31 Å². The summed E-state index contributed by atoms with van der Waals surface area (Å²) in [5.41, 5.74) is 1.71. The second kappa shape index (κ2) is 9.11. The molecule has 2 aromatic carbocycles. The summed E-state index contributed by atoms with van der Waals surface area (Å²) in [6, 6.07) is 9.00. The van der Waals surface area contributed by atoms with Gasteiger partial charge in [0.25, 0.3) is 10.0 Å². The zero-order valence-electron chi connectivity index (χ0n) is 19.6. The highest BCUT2D eigenvalue weighted by atomic mass is 32.2. The van der Waals surface area contributed by atoms with Crippen LogP contribution < -0.4 is 14.4 Å². The summed E-state index contributed by atoms with van der Waals surface area (Å²) in [4.78, 5) is 14.3. The van der Waals surface area contributed by atoms with Gasteiger partial charge in [0, 0.05) is 31.2 Å². The van der Waals surface area contributed by atoms with Crippen LogP contribution in [0.3, 0.4) is 0 Å². The van der Waals surface area contributed by atoms with Crippen molar-refractivity contribution in [2.45, 2.75) is 48.3 Å². The fraction of sp³-hybridized carbons (Fsp3) is 0.458. The van der Waals surface area contributed by atoms with Gasteiger partial charge in [-0.15, -0.1) is 0 Å². The van der Waals surface area contributed by atoms with Crippen molar-refractivity contribution in [3.63, 3.8) is 0 Å². The van der Waals surface area contributed by atoms with Crippen molar-refractivity contribution in [2.24, 2.45) is 5.92 Å². The van der Waals surface area contributed by atoms with Crippen molar-refractivity contribution in [2.75, 3.05) is 36.4 Å². The molecule has 3 aliphatic rings. The lowest BCUT2D eigenvalue weighted by Gasteiger charge is -2.26. The van der Waals surface area contributed by atoms with Crippen molar-refractivity contribution in [3.05, 3.63) is 42.0 Å². The molecule has 2 aromatic rings. The Labute approximate surface area is 206 Å². The summed E-state index contributed by atoms with van der Waals surface area (Å²) < 4.78 is 62.1. The molecule has 0 unspecified atom stereocenters. The maximum absolute atomic E-state index is 13.3. The van der Waals surface area contributed by atoms with Crippen molar-refractivity contribution in [1.82, 2.24) is 4.31 Å². The molecular weight excluding hydrogens is 490 g/mol. The molecule has 1 N–H and O–H groups in total. The van der Waals surface area contributed by atoms with Crippen LogP contribution in [0.25, 0.3) is 0 Å². The summed E-state index contributed by atoms with van der Waals surface area (Å²) in [6.45, 7) is 1.41. The van der Waals surface area contributed by atoms with Crippen LogP contribution in [0, 0.1) is 5.92 Å². The monoisotopic (exact) mass is 519 g/mol. The molecule has 5 rings (SSSR count). The first kappa shape index (κ1) is 24.1. The molecule has 11 heteroatoms. The third-order valence-corrected chi connectivity index (χ3v) is 10.1. The standard InChI is InChI=1S/C24H29N3O6S2/c1-33-22-10-7-19(16-23(22)35(31,32)26-12-3-2-4-13-26)25-34(29,30)20-8-9-21-18(15-20)11-14-27(21)24(28)17-5-6-17/h7-10,15-17,25H,2-6,11-14H2,1H3. The first-order chi connectivity index (χ1) is 16.7. The molecule has 9 nitrogen and oxygen atoms in total. The lowest BCUT2D eigenvalue weighted by molar-refractivity contribution is -0.119. The number of amides is 1. The van der Waals surface area contributed by atoms with Gasteiger partial charge in [-0.3, -0.25) is 9.52 Å². The smallest absolute Gasteiger partial charge is 0.261 e. The van der Waals surface area contributed by atoms with E-state index < -0.39 is 20.0 Å². The van der Waals surface area contributed by atoms with Crippen LogP contribution in [0.15, 0.2) is 46.2 Å². The topological polar surface area (TPSA) is 113 Å². The predicted octanol–water partition coefficient (Wildman–Crippen LogP) is 2.97. The van der Waals surface area contributed by atoms with E-state index in [1.165, 1.54) is 35.7 Å². The number of ether oxygens (including phenoxy) is 1. The summed E-state index contributed by atoms with van der Waals surface area (Å²) in [5.74, 6) is 0.367. The molecule has 2 heterocycles. The number of hydrogen-bond acceptors (Lipinski definition) is 6. The van der Waals surface area contributed by atoms with Gasteiger partial charge < -0.3 is 9.64 Å². The molecule has 2 aliphatic heterocycles. The molecule has 0 spiro atoms. The lowest BCUT2D eigenvalue weighted by atomic mass is 10.2. The van der Waals surface area contributed by atoms with E-state index in [1.54, 1.807) is 17.0 Å². The Bertz CT molecular complexity index is 1360. The summed E-state index contributed by atoms with van der Waals surface area (Å²) in [7, 11) is -6.44. The summed E-state index contributed by atoms with van der Waals surface area (Å²) >= 11 is 0. The Kier molecular flexibility index (Phi) is 6.27. The van der Waals surface area contributed by atoms with Gasteiger partial charge in [0.05, 0.1) is 17.7 Å². The second-order valence-corrected chi connectivity index (χ2v) is 12.8. The Morgan fingerprint density at radius 3 is 2.40 bits per heavy atom. The zero-order chi connectivity index (χ0) is 24.8. The fourth-order valence-corrected chi connectivity index (χ4v) is 7.52. The SMILES string of the molecule is COc1ccc(NS(=O)(=O)c2ccc3c(c2)CCN3C(=O)C2CC2)cc1S(=O)(=O)N1CCCCC1. The number of methoxy groups -OCH3 is 1. The van der Waals surface area contributed by atoms with Crippen LogP contribution in [0.1, 0.15) is 37.7 Å². The van der Waals surface area contributed by atoms with E-state index in [0.717, 1.165) is 43.4 Å². The maximum Gasteiger partial charge on any atom is 0.261 e. The number of hydrogen-bond donors (Lipinski definition) is 1. The van der Waals surface area contributed by atoms with E-state index >= 15 is 0 Å². The molecule has 0 radical (unpaired) electrons. The minimum absolute atomic E-state index is 0.0632. The Hall–Kier alpha value is -2.63. The zero-order valence-corrected chi connectivity index (χ0v) is 21.2. The summed E-state index contributed by atoms with van der Waals surface area (Å²) in [6.07, 6.45) is 4.98. The van der Waals surface area contributed by atoms with Gasteiger partial charge >= 0.3 is 0 Å². The van der Waals surface area contributed by atoms with Gasteiger partial charge in [0.15, 0.2) is 0 Å². The number of benzene rings is 2. The number of nitrogens with zero attached hydrogens (tertiary/aromatic N) is 2. The van der Waals surface area contributed by atoms with Crippen molar-refractivity contribution in [3.8, 4) is 5.75 Å². The fourth-order valence-electron chi connectivity index (χ4n) is 4.73. The molecule has 1 amide bonds. The number of rotatable bonds is 7. The van der Waals surface area contributed by atoms with Gasteiger partial charge in [0.1, 0.15) is 10.6 Å². The first-order valence-corrected chi connectivity index (χ1v) is 14.8. The van der Waals surface area contributed by atoms with E-state index in [2.05, 4.69) is 4.72 Å². The van der Waals surface area contributed by atoms with E-state index in [9.17, 15) is 21.6 Å². The van der Waals surface area contributed by atoms with E-state index in [1.807, 2.05) is 0 Å². The van der Waals surface area contributed by atoms with Gasteiger partial charge in [0.2, 0.25) is 15.9 Å².